The Bertz CT molecular complexity index is 337. The number of anilines is 1. The summed E-state index contributed by atoms with van der Waals surface area (Å²) in [5.41, 5.74) is 0.823. The smallest absolute Gasteiger partial charge is 0.371 e. The van der Waals surface area contributed by atoms with E-state index in [1.165, 1.54) is 0 Å². The van der Waals surface area contributed by atoms with Crippen molar-refractivity contribution in [2.24, 2.45) is 5.92 Å². The predicted molar refractivity (Wildman–Crippen MR) is 55.2 cm³/mol. The molecule has 0 spiro atoms. The highest BCUT2D eigenvalue weighted by Crippen LogP contribution is 2.34. The van der Waals surface area contributed by atoms with Gasteiger partial charge in [0.15, 0.2) is 0 Å². The zero-order valence-corrected chi connectivity index (χ0v) is 8.74. The molecule has 0 aromatic carbocycles. The van der Waals surface area contributed by atoms with Crippen LogP contribution in [0.25, 0.3) is 0 Å². The fraction of sp³-hybridized carbons (Fsp3) is 0.545. The molecule has 0 amide bonds. The summed E-state index contributed by atoms with van der Waals surface area (Å²) in [5, 5.41) is 0. The molecule has 0 N–H and O–H groups in total. The lowest BCUT2D eigenvalue weighted by atomic mass is 9.97. The summed E-state index contributed by atoms with van der Waals surface area (Å²) < 4.78 is 37.8. The second-order valence-corrected chi connectivity index (χ2v) is 4.03. The van der Waals surface area contributed by atoms with Crippen LogP contribution >= 0.6 is 0 Å². The van der Waals surface area contributed by atoms with Crippen LogP contribution in [-0.4, -0.2) is 24.2 Å². The van der Waals surface area contributed by atoms with Gasteiger partial charge in [-0.25, -0.2) is 0 Å². The SMILES string of the molecule is FC(F)(F)C1CCCN(c2ccncc2)C1. The van der Waals surface area contributed by atoms with E-state index in [2.05, 4.69) is 4.98 Å². The highest BCUT2D eigenvalue weighted by atomic mass is 19.4. The van der Waals surface area contributed by atoms with Gasteiger partial charge in [0.1, 0.15) is 0 Å². The van der Waals surface area contributed by atoms with E-state index in [1.807, 2.05) is 0 Å². The van der Waals surface area contributed by atoms with Gasteiger partial charge in [0, 0.05) is 31.2 Å². The molecule has 1 aliphatic heterocycles. The molecule has 1 fully saturated rings. The fourth-order valence-electron chi connectivity index (χ4n) is 2.03. The predicted octanol–water partition coefficient (Wildman–Crippen LogP) is 2.86. The Morgan fingerprint density at radius 3 is 2.56 bits per heavy atom. The van der Waals surface area contributed by atoms with Crippen molar-refractivity contribution in [3.8, 4) is 0 Å². The molecule has 0 aliphatic carbocycles. The molecule has 1 aliphatic rings. The molecule has 5 heteroatoms. The zero-order valence-electron chi connectivity index (χ0n) is 8.74. The topological polar surface area (TPSA) is 16.1 Å². The maximum Gasteiger partial charge on any atom is 0.393 e. The summed E-state index contributed by atoms with van der Waals surface area (Å²) in [6.07, 6.45) is -0.0393. The average Bonchev–Trinajstić information content (AvgIpc) is 2.29. The van der Waals surface area contributed by atoms with E-state index in [4.69, 9.17) is 0 Å². The zero-order chi connectivity index (χ0) is 11.6. The van der Waals surface area contributed by atoms with Crippen LogP contribution in [0.1, 0.15) is 12.8 Å². The summed E-state index contributed by atoms with van der Waals surface area (Å²) in [6.45, 7) is 0.754. The molecule has 0 radical (unpaired) electrons. The van der Waals surface area contributed by atoms with Gasteiger partial charge in [-0.15, -0.1) is 0 Å². The van der Waals surface area contributed by atoms with Crippen molar-refractivity contribution in [3.05, 3.63) is 24.5 Å². The average molecular weight is 230 g/mol. The molecule has 1 saturated heterocycles. The van der Waals surface area contributed by atoms with Gasteiger partial charge >= 0.3 is 6.18 Å². The van der Waals surface area contributed by atoms with Gasteiger partial charge in [0.2, 0.25) is 0 Å². The van der Waals surface area contributed by atoms with Crippen molar-refractivity contribution >= 4 is 5.69 Å². The molecule has 0 saturated carbocycles. The van der Waals surface area contributed by atoms with Gasteiger partial charge in [0.25, 0.3) is 0 Å². The van der Waals surface area contributed by atoms with Crippen molar-refractivity contribution < 1.29 is 13.2 Å². The Kier molecular flexibility index (Phi) is 3.03. The maximum absolute atomic E-state index is 12.6. The number of halogens is 3. The first-order valence-electron chi connectivity index (χ1n) is 5.29. The number of pyridine rings is 1. The van der Waals surface area contributed by atoms with Crippen molar-refractivity contribution in [2.75, 3.05) is 18.0 Å². The van der Waals surface area contributed by atoms with E-state index in [0.29, 0.717) is 13.0 Å². The molecule has 0 bridgehead atoms. The maximum atomic E-state index is 12.6. The molecule has 1 unspecified atom stereocenters. The minimum atomic E-state index is -4.08. The first kappa shape index (κ1) is 11.2. The monoisotopic (exact) mass is 230 g/mol. The van der Waals surface area contributed by atoms with Gasteiger partial charge in [-0.3, -0.25) is 4.98 Å². The summed E-state index contributed by atoms with van der Waals surface area (Å²) in [6, 6.07) is 3.50. The Balaban J connectivity index is 2.08. The highest BCUT2D eigenvalue weighted by Gasteiger charge is 2.41. The Morgan fingerprint density at radius 2 is 1.94 bits per heavy atom. The number of hydrogen-bond acceptors (Lipinski definition) is 2. The van der Waals surface area contributed by atoms with E-state index < -0.39 is 12.1 Å². The van der Waals surface area contributed by atoms with Crippen LogP contribution in [0.4, 0.5) is 18.9 Å². The van der Waals surface area contributed by atoms with Gasteiger partial charge in [-0.05, 0) is 25.0 Å². The molecule has 2 nitrogen and oxygen atoms in total. The third-order valence-corrected chi connectivity index (χ3v) is 2.91. The van der Waals surface area contributed by atoms with Crippen LogP contribution in [0, 0.1) is 5.92 Å². The van der Waals surface area contributed by atoms with Crippen LogP contribution in [0.3, 0.4) is 0 Å². The molecule has 16 heavy (non-hydrogen) atoms. The van der Waals surface area contributed by atoms with Crippen LogP contribution in [0.2, 0.25) is 0 Å². The lowest BCUT2D eigenvalue weighted by Gasteiger charge is -2.35. The van der Waals surface area contributed by atoms with Crippen molar-refractivity contribution in [2.45, 2.75) is 19.0 Å². The lowest BCUT2D eigenvalue weighted by Crippen LogP contribution is -2.41. The summed E-state index contributed by atoms with van der Waals surface area (Å²) >= 11 is 0. The number of alkyl halides is 3. The number of aromatic nitrogens is 1. The number of hydrogen-bond donors (Lipinski definition) is 0. The van der Waals surface area contributed by atoms with Gasteiger partial charge in [-0.1, -0.05) is 0 Å². The van der Waals surface area contributed by atoms with Crippen molar-refractivity contribution in [3.63, 3.8) is 0 Å². The third-order valence-electron chi connectivity index (χ3n) is 2.91. The minimum absolute atomic E-state index is 0.0630. The Morgan fingerprint density at radius 1 is 1.25 bits per heavy atom. The van der Waals surface area contributed by atoms with Crippen molar-refractivity contribution in [1.82, 2.24) is 4.98 Å². The quantitative estimate of drug-likeness (QED) is 0.737. The normalized spacial score (nSPS) is 22.2. The van der Waals surface area contributed by atoms with E-state index >= 15 is 0 Å². The second kappa shape index (κ2) is 4.31. The van der Waals surface area contributed by atoms with Crippen molar-refractivity contribution in [1.29, 1.82) is 0 Å². The van der Waals surface area contributed by atoms with Gasteiger partial charge < -0.3 is 4.90 Å². The number of piperidine rings is 1. The molecular formula is C11H13F3N2. The van der Waals surface area contributed by atoms with Gasteiger partial charge in [-0.2, -0.15) is 13.2 Å². The van der Waals surface area contributed by atoms with E-state index in [1.54, 1.807) is 29.4 Å². The third kappa shape index (κ3) is 2.46. The summed E-state index contributed by atoms with van der Waals surface area (Å²) in [7, 11) is 0. The largest absolute Gasteiger partial charge is 0.393 e. The standard InChI is InChI=1S/C11H13F3N2/c12-11(13,14)9-2-1-7-16(8-9)10-3-5-15-6-4-10/h3-6,9H,1-2,7-8H2. The van der Waals surface area contributed by atoms with E-state index in [9.17, 15) is 13.2 Å². The van der Waals surface area contributed by atoms with E-state index in [-0.39, 0.29) is 13.0 Å². The van der Waals surface area contributed by atoms with Crippen LogP contribution < -0.4 is 4.90 Å². The summed E-state index contributed by atoms with van der Waals surface area (Å²) in [4.78, 5) is 5.64. The van der Waals surface area contributed by atoms with Crippen LogP contribution in [0.15, 0.2) is 24.5 Å². The molecule has 1 aromatic heterocycles. The molecule has 1 atom stereocenters. The number of nitrogens with zero attached hydrogens (tertiary/aromatic N) is 2. The molecule has 1 aromatic rings. The molecule has 88 valence electrons. The minimum Gasteiger partial charge on any atom is -0.371 e. The first-order valence-corrected chi connectivity index (χ1v) is 5.29. The fourth-order valence-corrected chi connectivity index (χ4v) is 2.03. The Labute approximate surface area is 92.1 Å². The lowest BCUT2D eigenvalue weighted by molar-refractivity contribution is -0.175. The highest BCUT2D eigenvalue weighted by molar-refractivity contribution is 5.44. The Hall–Kier alpha value is -1.26. The molecule has 2 heterocycles. The molecule has 2 rings (SSSR count). The summed E-state index contributed by atoms with van der Waals surface area (Å²) in [5.74, 6) is -1.20. The van der Waals surface area contributed by atoms with E-state index in [0.717, 1.165) is 5.69 Å². The van der Waals surface area contributed by atoms with Gasteiger partial charge in [0.05, 0.1) is 5.92 Å². The van der Waals surface area contributed by atoms with Crippen LogP contribution in [-0.2, 0) is 0 Å². The first-order chi connectivity index (χ1) is 7.57. The van der Waals surface area contributed by atoms with Crippen LogP contribution in [0.5, 0.6) is 0 Å². The second-order valence-electron chi connectivity index (χ2n) is 4.03. The number of rotatable bonds is 1. The molecular weight excluding hydrogens is 217 g/mol.